The fourth-order valence-corrected chi connectivity index (χ4v) is 4.23. The molecule has 0 aliphatic heterocycles. The third kappa shape index (κ3) is 7.52. The van der Waals surface area contributed by atoms with E-state index in [9.17, 15) is 9.59 Å². The van der Waals surface area contributed by atoms with Gasteiger partial charge in [-0.3, -0.25) is 9.59 Å². The highest BCUT2D eigenvalue weighted by atomic mass is 16.5. The Morgan fingerprint density at radius 3 is 2.09 bits per heavy atom. The largest absolute Gasteiger partial charge is 0.431 e. The Balaban J connectivity index is 0.000000181. The van der Waals surface area contributed by atoms with Gasteiger partial charge in [0.05, 0.1) is 0 Å². The summed E-state index contributed by atoms with van der Waals surface area (Å²) < 4.78 is 10.5. The van der Waals surface area contributed by atoms with Crippen LogP contribution in [0.3, 0.4) is 0 Å². The van der Waals surface area contributed by atoms with Gasteiger partial charge in [-0.15, -0.1) is 0 Å². The van der Waals surface area contributed by atoms with E-state index in [2.05, 4.69) is 24.3 Å². The smallest absolute Gasteiger partial charge is 0.307 e. The second-order valence-electron chi connectivity index (χ2n) is 8.30. The number of rotatable bonds is 6. The molecule has 0 N–H and O–H groups in total. The van der Waals surface area contributed by atoms with Crippen molar-refractivity contribution < 1.29 is 19.1 Å². The summed E-state index contributed by atoms with van der Waals surface area (Å²) in [6, 6.07) is 20.6. The first kappa shape index (κ1) is 23.5. The number of carbonyl (C=O) groups is 2. The van der Waals surface area contributed by atoms with Crippen molar-refractivity contribution in [2.45, 2.75) is 58.8 Å². The average molecular weight is 433 g/mol. The Labute approximate surface area is 190 Å². The van der Waals surface area contributed by atoms with Crippen LogP contribution in [0.25, 0.3) is 0 Å². The Kier molecular flexibility index (Phi) is 8.85. The minimum atomic E-state index is -0.216. The van der Waals surface area contributed by atoms with Gasteiger partial charge in [-0.2, -0.15) is 0 Å². The van der Waals surface area contributed by atoms with E-state index in [0.29, 0.717) is 5.92 Å². The van der Waals surface area contributed by atoms with E-state index in [-0.39, 0.29) is 11.9 Å². The third-order valence-electron chi connectivity index (χ3n) is 5.65. The van der Waals surface area contributed by atoms with Gasteiger partial charge in [0.25, 0.3) is 0 Å². The summed E-state index contributed by atoms with van der Waals surface area (Å²) in [7, 11) is 0. The molecule has 1 atom stereocenters. The van der Waals surface area contributed by atoms with Gasteiger partial charge >= 0.3 is 11.9 Å². The topological polar surface area (TPSA) is 52.6 Å². The van der Waals surface area contributed by atoms with Crippen molar-refractivity contribution in [3.8, 4) is 0 Å². The van der Waals surface area contributed by atoms with Crippen LogP contribution in [0, 0.1) is 5.92 Å². The highest BCUT2D eigenvalue weighted by Gasteiger charge is 2.22. The summed E-state index contributed by atoms with van der Waals surface area (Å²) in [4.78, 5) is 21.9. The number of esters is 2. The monoisotopic (exact) mass is 432 g/mol. The van der Waals surface area contributed by atoms with Crippen LogP contribution in [0.15, 0.2) is 83.8 Å². The van der Waals surface area contributed by atoms with Gasteiger partial charge in [0, 0.05) is 26.2 Å². The van der Waals surface area contributed by atoms with Crippen molar-refractivity contribution in [2.75, 3.05) is 0 Å². The van der Waals surface area contributed by atoms with Crippen LogP contribution >= 0.6 is 0 Å². The normalized spacial score (nSPS) is 17.3. The molecule has 2 aliphatic rings. The molecule has 0 amide bonds. The van der Waals surface area contributed by atoms with Crippen LogP contribution in [0.4, 0.5) is 0 Å². The molecule has 1 unspecified atom stereocenters. The predicted octanol–water partition coefficient (Wildman–Crippen LogP) is 6.32. The van der Waals surface area contributed by atoms with E-state index in [1.54, 1.807) is 0 Å². The fraction of sp³-hybridized carbons (Fsp3) is 0.357. The molecule has 4 nitrogen and oxygen atoms in total. The first-order chi connectivity index (χ1) is 15.5. The maximum absolute atomic E-state index is 10.9. The quantitative estimate of drug-likeness (QED) is 0.502. The highest BCUT2D eigenvalue weighted by molar-refractivity contribution is 5.67. The van der Waals surface area contributed by atoms with Gasteiger partial charge in [-0.05, 0) is 61.3 Å². The van der Waals surface area contributed by atoms with Crippen LogP contribution < -0.4 is 0 Å². The highest BCUT2D eigenvalue weighted by Crippen LogP contribution is 2.30. The molecule has 2 aromatic rings. The lowest BCUT2D eigenvalue weighted by molar-refractivity contribution is -0.138. The first-order valence-electron chi connectivity index (χ1n) is 11.4. The fourth-order valence-electron chi connectivity index (χ4n) is 4.23. The zero-order valence-corrected chi connectivity index (χ0v) is 19.0. The van der Waals surface area contributed by atoms with Crippen molar-refractivity contribution >= 4 is 11.9 Å². The minimum Gasteiger partial charge on any atom is -0.431 e. The molecule has 2 aliphatic carbocycles. The molecule has 4 rings (SSSR count). The van der Waals surface area contributed by atoms with E-state index >= 15 is 0 Å². The SMILES string of the molecule is CC(=O)OC1=C(Cc2ccccc2)CCC1.CC(=O)OC1=CCCC1Cc1ccccc1. The van der Waals surface area contributed by atoms with Gasteiger partial charge < -0.3 is 9.47 Å². The predicted molar refractivity (Wildman–Crippen MR) is 126 cm³/mol. The Morgan fingerprint density at radius 1 is 0.844 bits per heavy atom. The van der Waals surface area contributed by atoms with Crippen molar-refractivity contribution in [2.24, 2.45) is 5.92 Å². The van der Waals surface area contributed by atoms with E-state index in [4.69, 9.17) is 9.47 Å². The Bertz CT molecular complexity index is 957. The molecule has 0 fully saturated rings. The second-order valence-corrected chi connectivity index (χ2v) is 8.30. The van der Waals surface area contributed by atoms with Gasteiger partial charge in [-0.25, -0.2) is 0 Å². The van der Waals surface area contributed by atoms with Crippen LogP contribution in [-0.2, 0) is 31.9 Å². The van der Waals surface area contributed by atoms with Gasteiger partial charge in [0.2, 0.25) is 0 Å². The standard InChI is InChI=1S/2C14H16O2/c2*1-11(15)16-14-9-5-8-13(14)10-12-6-3-2-4-7-12/h2-4,6-7H,5,8-10H2,1H3;2-4,6-7,9,13H,5,8,10H2,1H3. The van der Waals surface area contributed by atoms with E-state index in [1.165, 1.54) is 30.5 Å². The van der Waals surface area contributed by atoms with Crippen LogP contribution in [0.1, 0.15) is 57.1 Å². The molecule has 168 valence electrons. The zero-order chi connectivity index (χ0) is 22.8. The molecule has 0 saturated heterocycles. The lowest BCUT2D eigenvalue weighted by atomic mass is 9.98. The van der Waals surface area contributed by atoms with E-state index in [0.717, 1.165) is 56.5 Å². The molecule has 0 heterocycles. The number of benzene rings is 2. The molecule has 32 heavy (non-hydrogen) atoms. The lowest BCUT2D eigenvalue weighted by Crippen LogP contribution is -2.09. The summed E-state index contributed by atoms with van der Waals surface area (Å²) in [5, 5.41) is 0. The van der Waals surface area contributed by atoms with Crippen molar-refractivity contribution in [1.82, 2.24) is 0 Å². The van der Waals surface area contributed by atoms with Crippen molar-refractivity contribution in [3.05, 3.63) is 95.0 Å². The van der Waals surface area contributed by atoms with Crippen molar-refractivity contribution in [1.29, 1.82) is 0 Å². The van der Waals surface area contributed by atoms with Crippen LogP contribution in [0.2, 0.25) is 0 Å². The summed E-state index contributed by atoms with van der Waals surface area (Å²) in [5.41, 5.74) is 3.86. The maximum Gasteiger partial charge on any atom is 0.307 e. The van der Waals surface area contributed by atoms with Gasteiger partial charge in [-0.1, -0.05) is 60.7 Å². The van der Waals surface area contributed by atoms with E-state index in [1.807, 2.05) is 42.5 Å². The summed E-state index contributed by atoms with van der Waals surface area (Å²) in [5.74, 6) is 1.70. The molecule has 0 saturated carbocycles. The molecular formula is C28H32O4. The number of allylic oxidation sites excluding steroid dienone is 4. The van der Waals surface area contributed by atoms with Crippen LogP contribution in [0.5, 0.6) is 0 Å². The Morgan fingerprint density at radius 2 is 1.47 bits per heavy atom. The second kappa shape index (κ2) is 12.0. The van der Waals surface area contributed by atoms with Gasteiger partial charge in [0.1, 0.15) is 11.5 Å². The number of ether oxygens (including phenoxy) is 2. The Hall–Kier alpha value is -3.14. The molecule has 0 aromatic heterocycles. The molecule has 4 heteroatoms. The summed E-state index contributed by atoms with van der Waals surface area (Å²) in [6.45, 7) is 2.92. The maximum atomic E-state index is 10.9. The van der Waals surface area contributed by atoms with Crippen LogP contribution in [-0.4, -0.2) is 11.9 Å². The molecule has 0 spiro atoms. The summed E-state index contributed by atoms with van der Waals surface area (Å²) in [6.07, 6.45) is 9.06. The van der Waals surface area contributed by atoms with E-state index < -0.39 is 0 Å². The summed E-state index contributed by atoms with van der Waals surface area (Å²) >= 11 is 0. The first-order valence-corrected chi connectivity index (χ1v) is 11.4. The zero-order valence-electron chi connectivity index (χ0n) is 19.0. The molecule has 0 radical (unpaired) electrons. The van der Waals surface area contributed by atoms with Crippen molar-refractivity contribution in [3.63, 3.8) is 0 Å². The minimum absolute atomic E-state index is 0.206. The lowest BCUT2D eigenvalue weighted by Gasteiger charge is -2.14. The number of hydrogen-bond donors (Lipinski definition) is 0. The number of carbonyl (C=O) groups excluding carboxylic acids is 2. The molecule has 2 aromatic carbocycles. The molecule has 0 bridgehead atoms. The number of hydrogen-bond acceptors (Lipinski definition) is 4. The average Bonchev–Trinajstić information content (AvgIpc) is 3.39. The van der Waals surface area contributed by atoms with Gasteiger partial charge in [0.15, 0.2) is 0 Å². The molecular weight excluding hydrogens is 400 g/mol. The third-order valence-corrected chi connectivity index (χ3v) is 5.65.